The normalized spacial score (nSPS) is 19.3. The maximum Gasteiger partial charge on any atom is 0.257 e. The molecule has 1 aliphatic rings. The molecule has 1 N–H and O–H groups in total. The quantitative estimate of drug-likeness (QED) is 0.914. The van der Waals surface area contributed by atoms with E-state index in [0.29, 0.717) is 6.54 Å². The van der Waals surface area contributed by atoms with E-state index in [2.05, 4.69) is 17.2 Å². The predicted molar refractivity (Wildman–Crippen MR) is 72.7 cm³/mol. The fraction of sp³-hybridized carbons (Fsp3) is 0.571. The number of anilines is 1. The van der Waals surface area contributed by atoms with E-state index in [1.54, 1.807) is 11.9 Å². The standard InChI is InChI=1S/C14H20FN3O/c1-3-10-6-4-5-9-18(10)14(19)11-7-8-17-13(16-2)12(11)15/h7-8,10H,3-6,9H2,1-2H3,(H,16,17). The van der Waals surface area contributed by atoms with Crippen LogP contribution in [0.25, 0.3) is 0 Å². The summed E-state index contributed by atoms with van der Waals surface area (Å²) in [6.07, 6.45) is 5.52. The van der Waals surface area contributed by atoms with Crippen LogP contribution in [0.1, 0.15) is 43.0 Å². The number of halogens is 1. The summed E-state index contributed by atoms with van der Waals surface area (Å²) in [6.45, 7) is 2.78. The van der Waals surface area contributed by atoms with E-state index in [-0.39, 0.29) is 23.3 Å². The first-order valence-corrected chi connectivity index (χ1v) is 6.82. The van der Waals surface area contributed by atoms with Crippen molar-refractivity contribution in [2.75, 3.05) is 18.9 Å². The molecule has 2 rings (SSSR count). The van der Waals surface area contributed by atoms with Gasteiger partial charge in [-0.1, -0.05) is 6.92 Å². The largest absolute Gasteiger partial charge is 0.371 e. The number of carbonyl (C=O) groups is 1. The topological polar surface area (TPSA) is 45.2 Å². The molecule has 0 spiro atoms. The Hall–Kier alpha value is -1.65. The molecule has 0 radical (unpaired) electrons. The molecular formula is C14H20FN3O. The molecule has 0 aliphatic carbocycles. The molecule has 1 aromatic rings. The second-order valence-corrected chi connectivity index (χ2v) is 4.83. The molecule has 0 aromatic carbocycles. The Bertz CT molecular complexity index is 464. The summed E-state index contributed by atoms with van der Waals surface area (Å²) in [7, 11) is 1.59. The van der Waals surface area contributed by atoms with Crippen LogP contribution >= 0.6 is 0 Å². The van der Waals surface area contributed by atoms with Crippen LogP contribution in [0.5, 0.6) is 0 Å². The Morgan fingerprint density at radius 2 is 2.37 bits per heavy atom. The molecule has 1 aromatic heterocycles. The van der Waals surface area contributed by atoms with Gasteiger partial charge < -0.3 is 10.2 Å². The van der Waals surface area contributed by atoms with E-state index in [0.717, 1.165) is 25.7 Å². The van der Waals surface area contributed by atoms with Gasteiger partial charge in [0.25, 0.3) is 5.91 Å². The molecule has 1 fully saturated rings. The Morgan fingerprint density at radius 1 is 1.58 bits per heavy atom. The minimum Gasteiger partial charge on any atom is -0.371 e. The predicted octanol–water partition coefficient (Wildman–Crippen LogP) is 2.67. The number of rotatable bonds is 3. The highest BCUT2D eigenvalue weighted by molar-refractivity contribution is 5.95. The third-order valence-corrected chi connectivity index (χ3v) is 3.72. The third kappa shape index (κ3) is 2.69. The zero-order valence-electron chi connectivity index (χ0n) is 11.4. The Kier molecular flexibility index (Phi) is 4.35. The van der Waals surface area contributed by atoms with Gasteiger partial charge in [-0.2, -0.15) is 0 Å². The lowest BCUT2D eigenvalue weighted by Crippen LogP contribution is -2.43. The molecule has 0 saturated carbocycles. The van der Waals surface area contributed by atoms with E-state index in [1.807, 2.05) is 0 Å². The first kappa shape index (κ1) is 13.8. The monoisotopic (exact) mass is 265 g/mol. The van der Waals surface area contributed by atoms with E-state index >= 15 is 0 Å². The van der Waals surface area contributed by atoms with Crippen molar-refractivity contribution in [1.82, 2.24) is 9.88 Å². The van der Waals surface area contributed by atoms with Crippen LogP contribution in [-0.2, 0) is 0 Å². The number of carbonyl (C=O) groups excluding carboxylic acids is 1. The fourth-order valence-corrected chi connectivity index (χ4v) is 2.63. The molecule has 104 valence electrons. The summed E-state index contributed by atoms with van der Waals surface area (Å²) in [6, 6.07) is 1.69. The van der Waals surface area contributed by atoms with E-state index < -0.39 is 5.82 Å². The first-order valence-electron chi connectivity index (χ1n) is 6.82. The van der Waals surface area contributed by atoms with E-state index in [1.165, 1.54) is 12.3 Å². The highest BCUT2D eigenvalue weighted by atomic mass is 19.1. The zero-order chi connectivity index (χ0) is 13.8. The molecule has 19 heavy (non-hydrogen) atoms. The Morgan fingerprint density at radius 3 is 3.05 bits per heavy atom. The van der Waals surface area contributed by atoms with Gasteiger partial charge in [-0.3, -0.25) is 4.79 Å². The van der Waals surface area contributed by atoms with Crippen molar-refractivity contribution in [3.63, 3.8) is 0 Å². The lowest BCUT2D eigenvalue weighted by molar-refractivity contribution is 0.0603. The molecule has 4 nitrogen and oxygen atoms in total. The molecular weight excluding hydrogens is 245 g/mol. The number of pyridine rings is 1. The van der Waals surface area contributed by atoms with Crippen LogP contribution < -0.4 is 5.32 Å². The van der Waals surface area contributed by atoms with Crippen molar-refractivity contribution >= 4 is 11.7 Å². The summed E-state index contributed by atoms with van der Waals surface area (Å²) in [5.74, 6) is -0.658. The molecule has 1 saturated heterocycles. The smallest absolute Gasteiger partial charge is 0.257 e. The van der Waals surface area contributed by atoms with Gasteiger partial charge >= 0.3 is 0 Å². The summed E-state index contributed by atoms with van der Waals surface area (Å²) in [5.41, 5.74) is 0.111. The van der Waals surface area contributed by atoms with Gasteiger partial charge in [-0.05, 0) is 31.7 Å². The highest BCUT2D eigenvalue weighted by Gasteiger charge is 2.28. The van der Waals surface area contributed by atoms with Crippen LogP contribution in [0.4, 0.5) is 10.2 Å². The van der Waals surface area contributed by atoms with E-state index in [4.69, 9.17) is 0 Å². The minimum atomic E-state index is -0.560. The minimum absolute atomic E-state index is 0.111. The number of nitrogens with one attached hydrogen (secondary N) is 1. The van der Waals surface area contributed by atoms with Gasteiger partial charge in [0.15, 0.2) is 11.6 Å². The molecule has 5 heteroatoms. The second-order valence-electron chi connectivity index (χ2n) is 4.83. The maximum atomic E-state index is 14.1. The van der Waals surface area contributed by atoms with Crippen LogP contribution in [0.3, 0.4) is 0 Å². The number of aromatic nitrogens is 1. The van der Waals surface area contributed by atoms with Crippen molar-refractivity contribution < 1.29 is 9.18 Å². The molecule has 1 aliphatic heterocycles. The van der Waals surface area contributed by atoms with Gasteiger partial charge in [0, 0.05) is 25.8 Å². The van der Waals surface area contributed by atoms with Crippen molar-refractivity contribution in [3.05, 3.63) is 23.6 Å². The lowest BCUT2D eigenvalue weighted by Gasteiger charge is -2.35. The number of piperidine rings is 1. The van der Waals surface area contributed by atoms with Crippen molar-refractivity contribution in [1.29, 1.82) is 0 Å². The van der Waals surface area contributed by atoms with Gasteiger partial charge in [0.05, 0.1) is 5.56 Å². The number of hydrogen-bond acceptors (Lipinski definition) is 3. The summed E-state index contributed by atoms with van der Waals surface area (Å²) in [5, 5.41) is 2.66. The van der Waals surface area contributed by atoms with Gasteiger partial charge in [0.2, 0.25) is 0 Å². The molecule has 2 heterocycles. The van der Waals surface area contributed by atoms with Crippen molar-refractivity contribution in [3.8, 4) is 0 Å². The van der Waals surface area contributed by atoms with Crippen LogP contribution in [0.2, 0.25) is 0 Å². The van der Waals surface area contributed by atoms with Crippen LogP contribution in [0.15, 0.2) is 12.3 Å². The summed E-state index contributed by atoms with van der Waals surface area (Å²) < 4.78 is 14.1. The average Bonchev–Trinajstić information content (AvgIpc) is 2.46. The third-order valence-electron chi connectivity index (χ3n) is 3.72. The Balaban J connectivity index is 2.28. The zero-order valence-corrected chi connectivity index (χ0v) is 11.4. The van der Waals surface area contributed by atoms with Gasteiger partial charge in [0.1, 0.15) is 0 Å². The van der Waals surface area contributed by atoms with Crippen molar-refractivity contribution in [2.45, 2.75) is 38.6 Å². The van der Waals surface area contributed by atoms with E-state index in [9.17, 15) is 9.18 Å². The molecule has 0 bridgehead atoms. The van der Waals surface area contributed by atoms with Gasteiger partial charge in [-0.25, -0.2) is 9.37 Å². The van der Waals surface area contributed by atoms with Crippen molar-refractivity contribution in [2.24, 2.45) is 0 Å². The summed E-state index contributed by atoms with van der Waals surface area (Å²) in [4.78, 5) is 18.2. The molecule has 1 unspecified atom stereocenters. The number of likely N-dealkylation sites (tertiary alicyclic amines) is 1. The Labute approximate surface area is 113 Å². The number of amides is 1. The molecule has 1 amide bonds. The second kappa shape index (κ2) is 5.99. The summed E-state index contributed by atoms with van der Waals surface area (Å²) >= 11 is 0. The average molecular weight is 265 g/mol. The highest BCUT2D eigenvalue weighted by Crippen LogP contribution is 2.24. The first-order chi connectivity index (χ1) is 9.19. The van der Waals surface area contributed by atoms with Crippen LogP contribution in [0, 0.1) is 5.82 Å². The SMILES string of the molecule is CCC1CCCCN1C(=O)c1ccnc(NC)c1F. The fourth-order valence-electron chi connectivity index (χ4n) is 2.63. The molecule has 1 atom stereocenters. The number of nitrogens with zero attached hydrogens (tertiary/aromatic N) is 2. The lowest BCUT2D eigenvalue weighted by atomic mass is 9.99. The van der Waals surface area contributed by atoms with Gasteiger partial charge in [-0.15, -0.1) is 0 Å². The maximum absolute atomic E-state index is 14.1. The van der Waals surface area contributed by atoms with Crippen LogP contribution in [-0.4, -0.2) is 35.4 Å². The number of hydrogen-bond donors (Lipinski definition) is 1.